The van der Waals surface area contributed by atoms with Crippen LogP contribution in [0.2, 0.25) is 0 Å². The van der Waals surface area contributed by atoms with Crippen LogP contribution in [0, 0.1) is 0 Å². The zero-order chi connectivity index (χ0) is 14.0. The van der Waals surface area contributed by atoms with Crippen molar-refractivity contribution in [3.05, 3.63) is 34.2 Å². The Balaban J connectivity index is 2.20. The van der Waals surface area contributed by atoms with Gasteiger partial charge in [-0.15, -0.1) is 0 Å². The third kappa shape index (κ3) is 3.07. The number of hydrogen-bond acceptors (Lipinski definition) is 2. The molecule has 2 heterocycles. The van der Waals surface area contributed by atoms with Crippen LogP contribution in [-0.4, -0.2) is 20.7 Å². The number of carbonyl (C=O) groups excluding carboxylic acids is 1. The summed E-state index contributed by atoms with van der Waals surface area (Å²) in [4.78, 5) is 12.2. The van der Waals surface area contributed by atoms with Crippen LogP contribution >= 0.6 is 15.9 Å². The molecule has 0 aliphatic carbocycles. The van der Waals surface area contributed by atoms with Gasteiger partial charge in [0.1, 0.15) is 5.69 Å². The lowest BCUT2D eigenvalue weighted by molar-refractivity contribution is 0.101. The highest BCUT2D eigenvalue weighted by molar-refractivity contribution is 9.10. The second-order valence-corrected chi connectivity index (χ2v) is 5.55. The van der Waals surface area contributed by atoms with E-state index in [1.807, 2.05) is 43.7 Å². The Morgan fingerprint density at radius 1 is 1.53 bits per heavy atom. The summed E-state index contributed by atoms with van der Waals surface area (Å²) in [6, 6.07) is 3.87. The fraction of sp³-hybridized carbons (Fsp3) is 0.385. The molecule has 5 nitrogen and oxygen atoms in total. The molecule has 6 heteroatoms. The molecule has 0 fully saturated rings. The molecule has 0 aliphatic heterocycles. The van der Waals surface area contributed by atoms with Gasteiger partial charge < -0.3 is 9.88 Å². The Morgan fingerprint density at radius 3 is 2.84 bits per heavy atom. The number of nitrogens with zero attached hydrogens (tertiary/aromatic N) is 2. The molecule has 0 bridgehead atoms. The van der Waals surface area contributed by atoms with E-state index in [1.54, 1.807) is 0 Å². The van der Waals surface area contributed by atoms with E-state index in [0.29, 0.717) is 11.5 Å². The molecule has 0 spiro atoms. The van der Waals surface area contributed by atoms with Gasteiger partial charge in [-0.1, -0.05) is 6.92 Å². The summed E-state index contributed by atoms with van der Waals surface area (Å²) in [5, 5.41) is 9.73. The monoisotopic (exact) mass is 324 g/mol. The van der Waals surface area contributed by atoms with Crippen LogP contribution in [0.4, 0.5) is 5.82 Å². The molecule has 2 aromatic rings. The molecule has 0 saturated carbocycles. The number of hydrogen-bond donors (Lipinski definition) is 2. The number of aromatic nitrogens is 3. The Morgan fingerprint density at radius 2 is 2.26 bits per heavy atom. The summed E-state index contributed by atoms with van der Waals surface area (Å²) < 4.78 is 2.81. The van der Waals surface area contributed by atoms with Gasteiger partial charge >= 0.3 is 0 Å². The van der Waals surface area contributed by atoms with Crippen molar-refractivity contribution < 1.29 is 4.79 Å². The number of rotatable bonds is 4. The van der Waals surface area contributed by atoms with E-state index in [4.69, 9.17) is 0 Å². The molecule has 2 rings (SSSR count). The minimum atomic E-state index is -0.159. The molecule has 2 aromatic heterocycles. The predicted octanol–water partition coefficient (Wildman–Crippen LogP) is 3.37. The first kappa shape index (κ1) is 13.9. The van der Waals surface area contributed by atoms with Gasteiger partial charge in [0.2, 0.25) is 0 Å². The van der Waals surface area contributed by atoms with Crippen molar-refractivity contribution in [3.8, 4) is 0 Å². The highest BCUT2D eigenvalue weighted by Gasteiger charge is 2.16. The van der Waals surface area contributed by atoms with Crippen LogP contribution in [-0.2, 0) is 6.42 Å². The smallest absolute Gasteiger partial charge is 0.273 e. The number of H-pyrrole nitrogens is 1. The molecule has 19 heavy (non-hydrogen) atoms. The number of carbonyl (C=O) groups is 1. The van der Waals surface area contributed by atoms with Crippen LogP contribution in [0.15, 0.2) is 22.8 Å². The van der Waals surface area contributed by atoms with E-state index >= 15 is 0 Å². The summed E-state index contributed by atoms with van der Waals surface area (Å²) >= 11 is 3.40. The zero-order valence-electron chi connectivity index (χ0n) is 11.2. The minimum absolute atomic E-state index is 0.159. The van der Waals surface area contributed by atoms with Gasteiger partial charge in [-0.25, -0.2) is 0 Å². The summed E-state index contributed by atoms with van der Waals surface area (Å²) in [5.41, 5.74) is 1.61. The molecular formula is C13H17BrN4O. The van der Waals surface area contributed by atoms with Gasteiger partial charge in [0.05, 0.1) is 0 Å². The normalized spacial score (nSPS) is 11.0. The Kier molecular flexibility index (Phi) is 4.09. The second-order valence-electron chi connectivity index (χ2n) is 4.63. The Bertz CT molecular complexity index is 585. The van der Waals surface area contributed by atoms with Crippen LogP contribution in [0.25, 0.3) is 0 Å². The van der Waals surface area contributed by atoms with E-state index in [-0.39, 0.29) is 11.9 Å². The van der Waals surface area contributed by atoms with E-state index in [2.05, 4.69) is 31.4 Å². The lowest BCUT2D eigenvalue weighted by atomic mass is 10.3. The largest absolute Gasteiger partial charge is 0.340 e. The SMILES string of the molecule is CCc1cc(NC(=O)c2cc(Br)cn2C(C)C)n[nH]1. The summed E-state index contributed by atoms with van der Waals surface area (Å²) in [6.45, 7) is 6.10. The maximum absolute atomic E-state index is 12.2. The van der Waals surface area contributed by atoms with E-state index < -0.39 is 0 Å². The van der Waals surface area contributed by atoms with Crippen molar-refractivity contribution in [3.63, 3.8) is 0 Å². The molecule has 0 aromatic carbocycles. The van der Waals surface area contributed by atoms with Gasteiger partial charge in [0.15, 0.2) is 5.82 Å². The quantitative estimate of drug-likeness (QED) is 0.905. The number of aromatic amines is 1. The molecule has 0 atom stereocenters. The number of halogens is 1. The standard InChI is InChI=1S/C13H17BrN4O/c1-4-10-6-12(17-16-10)15-13(19)11-5-9(14)7-18(11)8(2)3/h5-8H,4H2,1-3H3,(H2,15,16,17,19). The minimum Gasteiger partial charge on any atom is -0.340 e. The molecule has 1 amide bonds. The molecule has 2 N–H and O–H groups in total. The topological polar surface area (TPSA) is 62.7 Å². The summed E-state index contributed by atoms with van der Waals surface area (Å²) in [5.74, 6) is 0.392. The summed E-state index contributed by atoms with van der Waals surface area (Å²) in [7, 11) is 0. The van der Waals surface area contributed by atoms with Crippen molar-refractivity contribution in [2.75, 3.05) is 5.32 Å². The summed E-state index contributed by atoms with van der Waals surface area (Å²) in [6.07, 6.45) is 2.76. The Hall–Kier alpha value is -1.56. The first-order valence-corrected chi connectivity index (χ1v) is 7.03. The molecule has 102 valence electrons. The van der Waals surface area contributed by atoms with E-state index in [9.17, 15) is 4.79 Å². The number of anilines is 1. The van der Waals surface area contributed by atoms with Crippen molar-refractivity contribution >= 4 is 27.7 Å². The number of amides is 1. The van der Waals surface area contributed by atoms with Crippen molar-refractivity contribution in [1.82, 2.24) is 14.8 Å². The van der Waals surface area contributed by atoms with Gasteiger partial charge in [0, 0.05) is 28.5 Å². The third-order valence-electron chi connectivity index (χ3n) is 2.86. The van der Waals surface area contributed by atoms with Crippen LogP contribution < -0.4 is 5.32 Å². The van der Waals surface area contributed by atoms with Gasteiger partial charge in [-0.05, 0) is 42.3 Å². The number of aryl methyl sites for hydroxylation is 1. The second kappa shape index (κ2) is 5.61. The predicted molar refractivity (Wildman–Crippen MR) is 78.4 cm³/mol. The fourth-order valence-electron chi connectivity index (χ4n) is 1.84. The number of nitrogens with one attached hydrogen (secondary N) is 2. The van der Waals surface area contributed by atoms with E-state index in [1.165, 1.54) is 0 Å². The van der Waals surface area contributed by atoms with Gasteiger partial charge in [-0.3, -0.25) is 9.89 Å². The lowest BCUT2D eigenvalue weighted by Crippen LogP contribution is -2.17. The molecular weight excluding hydrogens is 308 g/mol. The molecule has 0 aliphatic rings. The fourth-order valence-corrected chi connectivity index (χ4v) is 2.28. The highest BCUT2D eigenvalue weighted by atomic mass is 79.9. The van der Waals surface area contributed by atoms with Crippen molar-refractivity contribution in [1.29, 1.82) is 0 Å². The first-order chi connectivity index (χ1) is 9.01. The zero-order valence-corrected chi connectivity index (χ0v) is 12.8. The van der Waals surface area contributed by atoms with Crippen molar-refractivity contribution in [2.45, 2.75) is 33.2 Å². The molecule has 0 radical (unpaired) electrons. The highest BCUT2D eigenvalue weighted by Crippen LogP contribution is 2.20. The van der Waals surface area contributed by atoms with Crippen molar-refractivity contribution in [2.24, 2.45) is 0 Å². The van der Waals surface area contributed by atoms with Crippen LogP contribution in [0.5, 0.6) is 0 Å². The molecule has 0 saturated heterocycles. The third-order valence-corrected chi connectivity index (χ3v) is 3.29. The maximum Gasteiger partial charge on any atom is 0.273 e. The maximum atomic E-state index is 12.2. The molecule has 0 unspecified atom stereocenters. The first-order valence-electron chi connectivity index (χ1n) is 6.24. The average molecular weight is 325 g/mol. The van der Waals surface area contributed by atoms with Gasteiger partial charge in [0.25, 0.3) is 5.91 Å². The Labute approximate surface area is 120 Å². The van der Waals surface area contributed by atoms with Crippen LogP contribution in [0.1, 0.15) is 43.0 Å². The van der Waals surface area contributed by atoms with Crippen LogP contribution in [0.3, 0.4) is 0 Å². The lowest BCUT2D eigenvalue weighted by Gasteiger charge is -2.11. The van der Waals surface area contributed by atoms with E-state index in [0.717, 1.165) is 16.6 Å². The van der Waals surface area contributed by atoms with Gasteiger partial charge in [-0.2, -0.15) is 5.10 Å². The average Bonchev–Trinajstić information content (AvgIpc) is 2.95.